The average Bonchev–Trinajstić information content (AvgIpc) is 3.09. The van der Waals surface area contributed by atoms with E-state index in [4.69, 9.17) is 0 Å². The topological polar surface area (TPSA) is 77.2 Å². The van der Waals surface area contributed by atoms with E-state index in [2.05, 4.69) is 5.32 Å². The molecular formula is C23H16F3N3O3S. The molecular weight excluding hydrogens is 455 g/mol. The van der Waals surface area contributed by atoms with Gasteiger partial charge in [-0.25, -0.2) is 13.2 Å². The summed E-state index contributed by atoms with van der Waals surface area (Å²) in [4.78, 5) is 23.5. The first kappa shape index (κ1) is 22.4. The van der Waals surface area contributed by atoms with E-state index in [0.717, 1.165) is 6.07 Å². The molecule has 0 saturated heterocycles. The van der Waals surface area contributed by atoms with Gasteiger partial charge in [0.05, 0.1) is 15.3 Å². The van der Waals surface area contributed by atoms with Crippen LogP contribution in [-0.4, -0.2) is 22.1 Å². The Kier molecular flexibility index (Phi) is 6.36. The van der Waals surface area contributed by atoms with Gasteiger partial charge in [0, 0.05) is 40.8 Å². The lowest BCUT2D eigenvalue weighted by molar-refractivity contribution is -0.387. The molecule has 0 unspecified atom stereocenters. The number of rotatable bonds is 7. The number of alkyl halides is 1. The molecule has 3 aromatic carbocycles. The second-order valence-corrected chi connectivity index (χ2v) is 8.22. The lowest BCUT2D eigenvalue weighted by atomic mass is 10.2. The number of para-hydroxylation sites is 1. The van der Waals surface area contributed by atoms with Gasteiger partial charge in [0.2, 0.25) is 0 Å². The maximum Gasteiger partial charge on any atom is 0.283 e. The molecule has 33 heavy (non-hydrogen) atoms. The molecule has 1 N–H and O–H groups in total. The Hall–Kier alpha value is -3.79. The van der Waals surface area contributed by atoms with Crippen LogP contribution in [0.1, 0.15) is 5.56 Å². The van der Waals surface area contributed by atoms with Crippen LogP contribution in [0.25, 0.3) is 10.9 Å². The monoisotopic (exact) mass is 471 g/mol. The third-order valence-electron chi connectivity index (χ3n) is 4.81. The molecule has 10 heteroatoms. The van der Waals surface area contributed by atoms with Crippen LogP contribution in [0.4, 0.5) is 24.5 Å². The van der Waals surface area contributed by atoms with E-state index in [0.29, 0.717) is 31.9 Å². The predicted molar refractivity (Wildman–Crippen MR) is 119 cm³/mol. The second-order valence-electron chi connectivity index (χ2n) is 7.14. The molecule has 0 saturated carbocycles. The van der Waals surface area contributed by atoms with E-state index in [-0.39, 0.29) is 12.2 Å². The Bertz CT molecular complexity index is 1350. The molecule has 0 aliphatic heterocycles. The Morgan fingerprint density at radius 3 is 2.45 bits per heavy atom. The number of nitro benzene ring substituents is 1. The van der Waals surface area contributed by atoms with Crippen LogP contribution in [0.3, 0.4) is 0 Å². The summed E-state index contributed by atoms with van der Waals surface area (Å²) >= 11 is 1.18. The molecule has 0 bridgehead atoms. The summed E-state index contributed by atoms with van der Waals surface area (Å²) in [6, 6.07) is 14.4. The van der Waals surface area contributed by atoms with E-state index in [1.54, 1.807) is 47.2 Å². The van der Waals surface area contributed by atoms with Crippen LogP contribution < -0.4 is 5.32 Å². The molecule has 168 valence electrons. The number of aromatic nitrogens is 1. The summed E-state index contributed by atoms with van der Waals surface area (Å²) in [7, 11) is 0. The molecule has 0 aliphatic rings. The van der Waals surface area contributed by atoms with Crippen LogP contribution in [0, 0.1) is 21.7 Å². The minimum Gasteiger partial charge on any atom is -0.342 e. The summed E-state index contributed by atoms with van der Waals surface area (Å²) in [5.41, 5.74) is 1.25. The average molecular weight is 471 g/mol. The van der Waals surface area contributed by atoms with Crippen LogP contribution in [-0.2, 0) is 11.3 Å². The minimum atomic E-state index is -1.18. The number of amides is 1. The zero-order valence-electron chi connectivity index (χ0n) is 16.9. The number of nitrogens with one attached hydrogen (secondary N) is 1. The number of carbonyl (C=O) groups excluding carboxylic acids is 1. The molecule has 0 atom stereocenters. The summed E-state index contributed by atoms with van der Waals surface area (Å²) in [5, 5.41) is 14.5. The number of fused-ring (bicyclic) bond motifs is 1. The van der Waals surface area contributed by atoms with Gasteiger partial charge in [-0.05, 0) is 42.0 Å². The first-order valence-corrected chi connectivity index (χ1v) is 10.5. The number of hydrogen-bond donors (Lipinski definition) is 1. The van der Waals surface area contributed by atoms with Crippen molar-refractivity contribution >= 4 is 39.9 Å². The van der Waals surface area contributed by atoms with Crippen molar-refractivity contribution < 1.29 is 22.9 Å². The fourth-order valence-corrected chi connectivity index (χ4v) is 4.55. The number of hydrogen-bond acceptors (Lipinski definition) is 4. The maximum atomic E-state index is 13.7. The van der Waals surface area contributed by atoms with Crippen molar-refractivity contribution in [2.24, 2.45) is 0 Å². The fourth-order valence-electron chi connectivity index (χ4n) is 3.45. The van der Waals surface area contributed by atoms with E-state index < -0.39 is 29.1 Å². The highest BCUT2D eigenvalue weighted by atomic mass is 32.2. The highest BCUT2D eigenvalue weighted by molar-refractivity contribution is 7.99. The van der Waals surface area contributed by atoms with Crippen LogP contribution in [0.5, 0.6) is 0 Å². The van der Waals surface area contributed by atoms with Crippen LogP contribution in [0.2, 0.25) is 0 Å². The third-order valence-corrected chi connectivity index (χ3v) is 5.92. The van der Waals surface area contributed by atoms with Gasteiger partial charge >= 0.3 is 0 Å². The van der Waals surface area contributed by atoms with Crippen molar-refractivity contribution in [2.45, 2.75) is 16.3 Å². The Morgan fingerprint density at radius 1 is 1.03 bits per heavy atom. The normalized spacial score (nSPS) is 11.0. The van der Waals surface area contributed by atoms with Crippen molar-refractivity contribution in [1.82, 2.24) is 4.57 Å². The largest absolute Gasteiger partial charge is 0.342 e. The second kappa shape index (κ2) is 9.37. The lowest BCUT2D eigenvalue weighted by Crippen LogP contribution is -2.13. The molecule has 4 rings (SSSR count). The predicted octanol–water partition coefficient (Wildman–Crippen LogP) is 5.94. The summed E-state index contributed by atoms with van der Waals surface area (Å²) < 4.78 is 41.8. The minimum absolute atomic E-state index is 0.0533. The van der Waals surface area contributed by atoms with E-state index >= 15 is 0 Å². The molecule has 0 aliphatic carbocycles. The molecule has 4 aromatic rings. The Morgan fingerprint density at radius 2 is 1.76 bits per heavy atom. The highest BCUT2D eigenvalue weighted by Gasteiger charge is 2.18. The number of anilines is 1. The molecule has 0 radical (unpaired) electrons. The molecule has 6 nitrogen and oxygen atoms in total. The standard InChI is InChI=1S/C23H16F3N3O3S/c24-11-23(30)27-17-5-6-18-20(10-17)28(12-14-7-15(25)9-16(26)8-14)13-22(18)33-21-4-2-1-3-19(21)29(31)32/h1-10,13H,11-12H2,(H,27,30). The van der Waals surface area contributed by atoms with Gasteiger partial charge in [-0.2, -0.15) is 0 Å². The van der Waals surface area contributed by atoms with Crippen LogP contribution in [0.15, 0.2) is 76.7 Å². The Labute approximate surface area is 190 Å². The van der Waals surface area contributed by atoms with Gasteiger partial charge in [-0.3, -0.25) is 14.9 Å². The Balaban J connectivity index is 1.80. The smallest absolute Gasteiger partial charge is 0.283 e. The molecule has 1 heterocycles. The highest BCUT2D eigenvalue weighted by Crippen LogP contribution is 2.40. The molecule has 1 amide bonds. The number of nitro groups is 1. The first-order chi connectivity index (χ1) is 15.8. The van der Waals surface area contributed by atoms with Crippen molar-refractivity contribution in [3.63, 3.8) is 0 Å². The third kappa shape index (κ3) is 5.01. The zero-order chi connectivity index (χ0) is 23.5. The van der Waals surface area contributed by atoms with E-state index in [1.165, 1.54) is 30.0 Å². The van der Waals surface area contributed by atoms with E-state index in [1.807, 2.05) is 0 Å². The molecule has 0 fully saturated rings. The van der Waals surface area contributed by atoms with Gasteiger partial charge < -0.3 is 9.88 Å². The van der Waals surface area contributed by atoms with Crippen LogP contribution >= 0.6 is 11.8 Å². The SMILES string of the molecule is O=C(CF)Nc1ccc2c(Sc3ccccc3[N+](=O)[O-])cn(Cc3cc(F)cc(F)c3)c2c1. The van der Waals surface area contributed by atoms with Gasteiger partial charge in [0.25, 0.3) is 11.6 Å². The van der Waals surface area contributed by atoms with Gasteiger partial charge in [0.1, 0.15) is 11.6 Å². The first-order valence-electron chi connectivity index (χ1n) is 9.69. The fraction of sp³-hybridized carbons (Fsp3) is 0.0870. The van der Waals surface area contributed by atoms with Gasteiger partial charge in [0.15, 0.2) is 6.67 Å². The van der Waals surface area contributed by atoms with Crippen molar-refractivity contribution in [3.8, 4) is 0 Å². The van der Waals surface area contributed by atoms with Crippen molar-refractivity contribution in [2.75, 3.05) is 12.0 Å². The summed E-state index contributed by atoms with van der Waals surface area (Å²) in [6.45, 7) is -1.08. The summed E-state index contributed by atoms with van der Waals surface area (Å²) in [5.74, 6) is -2.24. The molecule has 1 aromatic heterocycles. The van der Waals surface area contributed by atoms with Gasteiger partial charge in [-0.15, -0.1) is 0 Å². The van der Waals surface area contributed by atoms with Gasteiger partial charge in [-0.1, -0.05) is 23.9 Å². The zero-order valence-corrected chi connectivity index (χ0v) is 17.7. The number of carbonyl (C=O) groups is 1. The number of nitrogens with zero attached hydrogens (tertiary/aromatic N) is 2. The maximum absolute atomic E-state index is 13.7. The molecule has 0 spiro atoms. The lowest BCUT2D eigenvalue weighted by Gasteiger charge is -2.08. The number of halogens is 3. The quantitative estimate of drug-likeness (QED) is 0.268. The summed E-state index contributed by atoms with van der Waals surface area (Å²) in [6.07, 6.45) is 1.72. The van der Waals surface area contributed by atoms with Crippen molar-refractivity contribution in [3.05, 3.63) is 94.2 Å². The van der Waals surface area contributed by atoms with Crippen molar-refractivity contribution in [1.29, 1.82) is 0 Å². The van der Waals surface area contributed by atoms with E-state index in [9.17, 15) is 28.1 Å². The number of benzene rings is 3.